The van der Waals surface area contributed by atoms with Gasteiger partial charge in [0.05, 0.1) is 25.2 Å². The summed E-state index contributed by atoms with van der Waals surface area (Å²) >= 11 is 0. The van der Waals surface area contributed by atoms with E-state index in [4.69, 9.17) is 9.47 Å². The summed E-state index contributed by atoms with van der Waals surface area (Å²) in [6, 6.07) is 20.1. The second-order valence-electron chi connectivity index (χ2n) is 7.54. The van der Waals surface area contributed by atoms with Gasteiger partial charge in [0.1, 0.15) is 6.10 Å². The summed E-state index contributed by atoms with van der Waals surface area (Å²) in [5.74, 6) is -0.227. The van der Waals surface area contributed by atoms with Crippen LogP contribution in [0.5, 0.6) is 0 Å². The third-order valence-corrected chi connectivity index (χ3v) is 5.25. The van der Waals surface area contributed by atoms with Crippen LogP contribution >= 0.6 is 0 Å². The Bertz CT molecular complexity index is 698. The quantitative estimate of drug-likeness (QED) is 0.657. The molecule has 0 amide bonds. The number of aliphatic hydroxyl groups excluding tert-OH is 1. The molecule has 2 aromatic rings. The van der Waals surface area contributed by atoms with E-state index in [0.29, 0.717) is 19.7 Å². The summed E-state index contributed by atoms with van der Waals surface area (Å²) in [7, 11) is 0. The molecule has 5 heteroatoms. The number of carbonyl (C=O) groups excluding carboxylic acids is 1. The van der Waals surface area contributed by atoms with E-state index in [-0.39, 0.29) is 24.6 Å². The lowest BCUT2D eigenvalue weighted by Crippen LogP contribution is -2.43. The smallest absolute Gasteiger partial charge is 0.310 e. The van der Waals surface area contributed by atoms with Gasteiger partial charge in [-0.3, -0.25) is 9.69 Å². The Morgan fingerprint density at radius 1 is 1.10 bits per heavy atom. The van der Waals surface area contributed by atoms with E-state index >= 15 is 0 Å². The molecular formula is C24H31NO4. The maximum absolute atomic E-state index is 12.0. The minimum Gasteiger partial charge on any atom is -0.466 e. The number of esters is 1. The van der Waals surface area contributed by atoms with Gasteiger partial charge in [0, 0.05) is 13.1 Å². The highest BCUT2D eigenvalue weighted by Crippen LogP contribution is 2.26. The Morgan fingerprint density at radius 2 is 1.72 bits per heavy atom. The van der Waals surface area contributed by atoms with E-state index in [1.165, 1.54) is 0 Å². The molecule has 1 fully saturated rings. The average molecular weight is 398 g/mol. The zero-order valence-corrected chi connectivity index (χ0v) is 17.1. The van der Waals surface area contributed by atoms with Crippen molar-refractivity contribution in [3.8, 4) is 0 Å². The molecular weight excluding hydrogens is 366 g/mol. The molecule has 0 bridgehead atoms. The molecule has 1 aliphatic heterocycles. The van der Waals surface area contributed by atoms with E-state index in [1.807, 2.05) is 67.6 Å². The first-order valence-electron chi connectivity index (χ1n) is 10.5. The van der Waals surface area contributed by atoms with Crippen molar-refractivity contribution in [3.63, 3.8) is 0 Å². The Morgan fingerprint density at radius 3 is 2.31 bits per heavy atom. The van der Waals surface area contributed by atoms with Crippen LogP contribution in [0.4, 0.5) is 0 Å². The summed E-state index contributed by atoms with van der Waals surface area (Å²) in [5.41, 5.74) is 2.12. The summed E-state index contributed by atoms with van der Waals surface area (Å²) < 4.78 is 11.3. The second kappa shape index (κ2) is 11.1. The normalized spacial score (nSPS) is 18.5. The molecule has 1 heterocycles. The van der Waals surface area contributed by atoms with Crippen LogP contribution in [0.3, 0.4) is 0 Å². The number of hydrogen-bond donors (Lipinski definition) is 1. The lowest BCUT2D eigenvalue weighted by molar-refractivity contribution is -0.150. The van der Waals surface area contributed by atoms with Gasteiger partial charge in [0.25, 0.3) is 0 Å². The van der Waals surface area contributed by atoms with E-state index in [0.717, 1.165) is 30.5 Å². The fourth-order valence-corrected chi connectivity index (χ4v) is 3.87. The highest BCUT2D eigenvalue weighted by Gasteiger charge is 2.28. The van der Waals surface area contributed by atoms with Crippen molar-refractivity contribution >= 4 is 5.97 Å². The fourth-order valence-electron chi connectivity index (χ4n) is 3.87. The predicted octanol–water partition coefficient (Wildman–Crippen LogP) is 3.43. The Balaban J connectivity index is 1.56. The predicted molar refractivity (Wildman–Crippen MR) is 112 cm³/mol. The molecule has 2 atom stereocenters. The highest BCUT2D eigenvalue weighted by atomic mass is 16.5. The average Bonchev–Trinajstić information content (AvgIpc) is 2.76. The van der Waals surface area contributed by atoms with Crippen LogP contribution in [-0.2, 0) is 14.3 Å². The van der Waals surface area contributed by atoms with Gasteiger partial charge in [0.15, 0.2) is 0 Å². The standard InChI is InChI=1S/C24H31NO4/c1-2-28-24(27)21-14-9-15-25(16-21)17-22(26)18-29-23(19-10-5-3-6-11-19)20-12-7-4-8-13-20/h3-8,10-13,21-23,26H,2,9,14-18H2,1H3/t21-,22-/m0/s1. The fraction of sp³-hybridized carbons (Fsp3) is 0.458. The molecule has 0 radical (unpaired) electrons. The number of benzene rings is 2. The van der Waals surface area contributed by atoms with Gasteiger partial charge in [-0.2, -0.15) is 0 Å². The van der Waals surface area contributed by atoms with Gasteiger partial charge in [-0.15, -0.1) is 0 Å². The van der Waals surface area contributed by atoms with Crippen LogP contribution in [0.25, 0.3) is 0 Å². The minimum absolute atomic E-state index is 0.0989. The van der Waals surface area contributed by atoms with E-state index < -0.39 is 6.10 Å². The molecule has 2 aromatic carbocycles. The van der Waals surface area contributed by atoms with Crippen molar-refractivity contribution in [2.75, 3.05) is 32.8 Å². The van der Waals surface area contributed by atoms with E-state index in [1.54, 1.807) is 0 Å². The maximum atomic E-state index is 12.0. The topological polar surface area (TPSA) is 59.0 Å². The van der Waals surface area contributed by atoms with Crippen molar-refractivity contribution in [1.82, 2.24) is 4.90 Å². The summed E-state index contributed by atoms with van der Waals surface area (Å²) in [6.07, 6.45) is 0.950. The van der Waals surface area contributed by atoms with E-state index in [9.17, 15) is 9.90 Å². The van der Waals surface area contributed by atoms with Gasteiger partial charge >= 0.3 is 5.97 Å². The van der Waals surface area contributed by atoms with Crippen LogP contribution < -0.4 is 0 Å². The number of nitrogens with zero attached hydrogens (tertiary/aromatic N) is 1. The minimum atomic E-state index is -0.620. The van der Waals surface area contributed by atoms with Gasteiger partial charge in [0.2, 0.25) is 0 Å². The number of piperidine rings is 1. The second-order valence-corrected chi connectivity index (χ2v) is 7.54. The van der Waals surface area contributed by atoms with Gasteiger partial charge < -0.3 is 14.6 Å². The SMILES string of the molecule is CCOC(=O)[C@H]1CCCN(C[C@H](O)COC(c2ccccc2)c2ccccc2)C1. The molecule has 0 spiro atoms. The molecule has 0 unspecified atom stereocenters. The Kier molecular flexibility index (Phi) is 8.23. The zero-order valence-electron chi connectivity index (χ0n) is 17.1. The largest absolute Gasteiger partial charge is 0.466 e. The molecule has 29 heavy (non-hydrogen) atoms. The third-order valence-electron chi connectivity index (χ3n) is 5.25. The Labute approximate surface area is 173 Å². The number of aliphatic hydroxyl groups is 1. The van der Waals surface area contributed by atoms with E-state index in [2.05, 4.69) is 4.90 Å². The van der Waals surface area contributed by atoms with Crippen molar-refractivity contribution in [3.05, 3.63) is 71.8 Å². The van der Waals surface area contributed by atoms with Crippen LogP contribution in [-0.4, -0.2) is 54.9 Å². The monoisotopic (exact) mass is 397 g/mol. The lowest BCUT2D eigenvalue weighted by Gasteiger charge is -2.33. The molecule has 1 N–H and O–H groups in total. The van der Waals surface area contributed by atoms with Crippen LogP contribution in [0.15, 0.2) is 60.7 Å². The van der Waals surface area contributed by atoms with Gasteiger partial charge in [-0.1, -0.05) is 60.7 Å². The first-order valence-corrected chi connectivity index (χ1v) is 10.5. The first-order chi connectivity index (χ1) is 14.2. The van der Waals surface area contributed by atoms with Crippen LogP contribution in [0.2, 0.25) is 0 Å². The number of β-amino-alcohol motifs (C(OH)–C–C–N with tert-alkyl or cyclic N) is 1. The molecule has 0 aliphatic carbocycles. The molecule has 0 aromatic heterocycles. The van der Waals surface area contributed by atoms with Gasteiger partial charge in [-0.25, -0.2) is 0 Å². The molecule has 0 saturated carbocycles. The highest BCUT2D eigenvalue weighted by molar-refractivity contribution is 5.72. The number of likely N-dealkylation sites (tertiary alicyclic amines) is 1. The molecule has 1 aliphatic rings. The first kappa shape index (κ1) is 21.5. The summed E-state index contributed by atoms with van der Waals surface area (Å²) in [5, 5.41) is 10.6. The van der Waals surface area contributed by atoms with Crippen LogP contribution in [0, 0.1) is 5.92 Å². The molecule has 3 rings (SSSR count). The Hall–Kier alpha value is -2.21. The van der Waals surface area contributed by atoms with Crippen molar-refractivity contribution in [2.24, 2.45) is 5.92 Å². The van der Waals surface area contributed by atoms with Crippen molar-refractivity contribution < 1.29 is 19.4 Å². The summed E-state index contributed by atoms with van der Waals surface area (Å²) in [4.78, 5) is 14.2. The number of ether oxygens (including phenoxy) is 2. The van der Waals surface area contributed by atoms with Crippen LogP contribution in [0.1, 0.15) is 37.0 Å². The number of carbonyl (C=O) groups is 1. The third kappa shape index (κ3) is 6.39. The van der Waals surface area contributed by atoms with Gasteiger partial charge in [-0.05, 0) is 37.4 Å². The van der Waals surface area contributed by atoms with Crippen molar-refractivity contribution in [2.45, 2.75) is 32.0 Å². The number of hydrogen-bond acceptors (Lipinski definition) is 5. The number of rotatable bonds is 9. The molecule has 1 saturated heterocycles. The molecule has 5 nitrogen and oxygen atoms in total. The summed E-state index contributed by atoms with van der Waals surface area (Å²) in [6.45, 7) is 4.48. The molecule has 156 valence electrons. The zero-order chi connectivity index (χ0) is 20.5. The van der Waals surface area contributed by atoms with Crippen molar-refractivity contribution in [1.29, 1.82) is 0 Å². The maximum Gasteiger partial charge on any atom is 0.310 e. The lowest BCUT2D eigenvalue weighted by atomic mass is 9.98.